The van der Waals surface area contributed by atoms with Crippen LogP contribution in [0.4, 0.5) is 5.95 Å². The van der Waals surface area contributed by atoms with Crippen LogP contribution >= 0.6 is 15.9 Å². The molecular weight excluding hydrogens is 246 g/mol. The number of ether oxygens (including phenoxy) is 1. The van der Waals surface area contributed by atoms with Crippen molar-refractivity contribution in [1.82, 2.24) is 9.97 Å². The Hall–Kier alpha value is -0.840. The smallest absolute Gasteiger partial charge is 0.232 e. The van der Waals surface area contributed by atoms with E-state index in [9.17, 15) is 0 Å². The van der Waals surface area contributed by atoms with Gasteiger partial charge in [-0.1, -0.05) is 12.8 Å². The molecule has 0 saturated heterocycles. The maximum absolute atomic E-state index is 5.49. The van der Waals surface area contributed by atoms with Gasteiger partial charge in [0.2, 0.25) is 11.8 Å². The third-order valence-corrected chi connectivity index (χ3v) is 2.74. The monoisotopic (exact) mass is 257 g/mol. The molecule has 1 heterocycles. The van der Waals surface area contributed by atoms with Gasteiger partial charge in [0.05, 0.1) is 17.3 Å². The van der Waals surface area contributed by atoms with Crippen LogP contribution in [0.25, 0.3) is 0 Å². The van der Waals surface area contributed by atoms with Gasteiger partial charge in [0.25, 0.3) is 0 Å². The summed E-state index contributed by atoms with van der Waals surface area (Å²) >= 11 is 3.31. The first-order valence-corrected chi connectivity index (χ1v) is 5.46. The van der Waals surface area contributed by atoms with Gasteiger partial charge in [-0.25, -0.2) is 4.98 Å². The van der Waals surface area contributed by atoms with Crippen LogP contribution in [0.1, 0.15) is 19.3 Å². The van der Waals surface area contributed by atoms with Crippen LogP contribution in [0.15, 0.2) is 10.7 Å². The molecule has 0 aliphatic heterocycles. The van der Waals surface area contributed by atoms with Crippen molar-refractivity contribution in [2.45, 2.75) is 19.3 Å². The van der Waals surface area contributed by atoms with Crippen LogP contribution in [0.5, 0.6) is 5.88 Å². The first-order chi connectivity index (χ1) is 6.75. The second-order valence-electron chi connectivity index (χ2n) is 3.46. The molecule has 2 rings (SSSR count). The molecule has 0 aromatic carbocycles. The summed E-state index contributed by atoms with van der Waals surface area (Å²) in [5, 5.41) is 0. The zero-order chi connectivity index (χ0) is 9.97. The fraction of sp³-hybridized carbons (Fsp3) is 0.556. The molecule has 1 aromatic heterocycles. The molecule has 4 nitrogen and oxygen atoms in total. The topological polar surface area (TPSA) is 61.0 Å². The molecule has 14 heavy (non-hydrogen) atoms. The van der Waals surface area contributed by atoms with Gasteiger partial charge >= 0.3 is 0 Å². The van der Waals surface area contributed by atoms with E-state index in [-0.39, 0.29) is 5.95 Å². The normalized spacial score (nSPS) is 15.5. The second kappa shape index (κ2) is 4.13. The molecule has 0 spiro atoms. The Balaban J connectivity index is 1.89. The summed E-state index contributed by atoms with van der Waals surface area (Å²) in [5.74, 6) is 1.65. The maximum atomic E-state index is 5.49. The Bertz CT molecular complexity index is 328. The van der Waals surface area contributed by atoms with Crippen molar-refractivity contribution in [1.29, 1.82) is 0 Å². The highest BCUT2D eigenvalue weighted by Gasteiger charge is 2.20. The van der Waals surface area contributed by atoms with Crippen LogP contribution in [-0.2, 0) is 0 Å². The Morgan fingerprint density at radius 2 is 2.36 bits per heavy atom. The number of anilines is 1. The van der Waals surface area contributed by atoms with Gasteiger partial charge in [-0.3, -0.25) is 0 Å². The second-order valence-corrected chi connectivity index (χ2v) is 4.32. The van der Waals surface area contributed by atoms with Crippen LogP contribution in [0.2, 0.25) is 0 Å². The fourth-order valence-electron chi connectivity index (χ4n) is 1.19. The van der Waals surface area contributed by atoms with E-state index in [2.05, 4.69) is 25.9 Å². The SMILES string of the molecule is Nc1ncc(Br)c(OCCC2CC2)n1. The minimum atomic E-state index is 0.245. The molecule has 5 heteroatoms. The lowest BCUT2D eigenvalue weighted by atomic mass is 10.3. The summed E-state index contributed by atoms with van der Waals surface area (Å²) in [6.45, 7) is 0.708. The molecule has 76 valence electrons. The first-order valence-electron chi connectivity index (χ1n) is 4.66. The third kappa shape index (κ3) is 2.57. The highest BCUT2D eigenvalue weighted by atomic mass is 79.9. The number of nitrogens with two attached hydrogens (primary N) is 1. The summed E-state index contributed by atoms with van der Waals surface area (Å²) in [6, 6.07) is 0. The largest absolute Gasteiger partial charge is 0.477 e. The molecule has 0 amide bonds. The lowest BCUT2D eigenvalue weighted by Gasteiger charge is -2.06. The number of hydrogen-bond donors (Lipinski definition) is 1. The summed E-state index contributed by atoms with van der Waals surface area (Å²) in [4.78, 5) is 7.82. The van der Waals surface area contributed by atoms with Crippen molar-refractivity contribution >= 4 is 21.9 Å². The zero-order valence-corrected chi connectivity index (χ0v) is 9.33. The number of nitrogen functional groups attached to an aromatic ring is 1. The van der Waals surface area contributed by atoms with E-state index in [0.717, 1.165) is 16.8 Å². The van der Waals surface area contributed by atoms with Gasteiger partial charge in [0.15, 0.2) is 0 Å². The van der Waals surface area contributed by atoms with E-state index < -0.39 is 0 Å². The van der Waals surface area contributed by atoms with Gasteiger partial charge < -0.3 is 10.5 Å². The van der Waals surface area contributed by atoms with E-state index in [1.165, 1.54) is 12.8 Å². The average molecular weight is 258 g/mol. The lowest BCUT2D eigenvalue weighted by molar-refractivity contribution is 0.289. The van der Waals surface area contributed by atoms with E-state index >= 15 is 0 Å². The van der Waals surface area contributed by atoms with E-state index in [4.69, 9.17) is 10.5 Å². The Kier molecular flexibility index (Phi) is 2.86. The maximum Gasteiger partial charge on any atom is 0.232 e. The number of hydrogen-bond acceptors (Lipinski definition) is 4. The molecule has 0 radical (unpaired) electrons. The Morgan fingerprint density at radius 3 is 3.07 bits per heavy atom. The summed E-state index contributed by atoms with van der Waals surface area (Å²) in [7, 11) is 0. The molecule has 2 N–H and O–H groups in total. The van der Waals surface area contributed by atoms with Crippen LogP contribution in [0.3, 0.4) is 0 Å². The highest BCUT2D eigenvalue weighted by Crippen LogP contribution is 2.32. The summed E-state index contributed by atoms with van der Waals surface area (Å²) in [6.07, 6.45) is 5.40. The molecule has 0 unspecified atom stereocenters. The molecule has 0 atom stereocenters. The number of nitrogens with zero attached hydrogens (tertiary/aromatic N) is 2. The zero-order valence-electron chi connectivity index (χ0n) is 7.74. The standard InChI is InChI=1S/C9H12BrN3O/c10-7-5-12-9(11)13-8(7)14-4-3-6-1-2-6/h5-6H,1-4H2,(H2,11,12,13). The van der Waals surface area contributed by atoms with Gasteiger partial charge in [-0.05, 0) is 28.3 Å². The van der Waals surface area contributed by atoms with Crippen molar-refractivity contribution < 1.29 is 4.74 Å². The van der Waals surface area contributed by atoms with Crippen molar-refractivity contribution in [3.05, 3.63) is 10.7 Å². The molecule has 0 bridgehead atoms. The van der Waals surface area contributed by atoms with E-state index in [1.807, 2.05) is 0 Å². The van der Waals surface area contributed by atoms with E-state index in [1.54, 1.807) is 6.20 Å². The first kappa shape index (κ1) is 9.71. The van der Waals surface area contributed by atoms with Crippen molar-refractivity contribution in [3.8, 4) is 5.88 Å². The van der Waals surface area contributed by atoms with Gasteiger partial charge in [-0.2, -0.15) is 4.98 Å². The molecule has 1 saturated carbocycles. The molecule has 1 aliphatic rings. The summed E-state index contributed by atoms with van der Waals surface area (Å²) in [5.41, 5.74) is 5.45. The van der Waals surface area contributed by atoms with Crippen molar-refractivity contribution in [2.75, 3.05) is 12.3 Å². The van der Waals surface area contributed by atoms with Gasteiger partial charge in [0, 0.05) is 0 Å². The quantitative estimate of drug-likeness (QED) is 0.897. The fourth-order valence-corrected chi connectivity index (χ4v) is 1.50. The van der Waals surface area contributed by atoms with Crippen molar-refractivity contribution in [3.63, 3.8) is 0 Å². The van der Waals surface area contributed by atoms with E-state index in [0.29, 0.717) is 12.5 Å². The lowest BCUT2D eigenvalue weighted by Crippen LogP contribution is -2.03. The minimum Gasteiger partial charge on any atom is -0.477 e. The highest BCUT2D eigenvalue weighted by molar-refractivity contribution is 9.10. The third-order valence-electron chi connectivity index (χ3n) is 2.19. The number of halogens is 1. The average Bonchev–Trinajstić information content (AvgIpc) is 2.95. The molecule has 1 aliphatic carbocycles. The predicted octanol–water partition coefficient (Wildman–Crippen LogP) is 2.00. The number of rotatable bonds is 4. The van der Waals surface area contributed by atoms with Crippen LogP contribution < -0.4 is 10.5 Å². The Labute approximate surface area is 91.0 Å². The predicted molar refractivity (Wildman–Crippen MR) is 57.0 cm³/mol. The van der Waals surface area contributed by atoms with Gasteiger partial charge in [0.1, 0.15) is 0 Å². The minimum absolute atomic E-state index is 0.245. The number of aromatic nitrogens is 2. The molecule has 1 fully saturated rings. The molecular formula is C9H12BrN3O. The molecule has 1 aromatic rings. The van der Waals surface area contributed by atoms with Gasteiger partial charge in [-0.15, -0.1) is 0 Å². The Morgan fingerprint density at radius 1 is 1.57 bits per heavy atom. The van der Waals surface area contributed by atoms with Crippen molar-refractivity contribution in [2.24, 2.45) is 5.92 Å². The summed E-state index contributed by atoms with van der Waals surface area (Å²) < 4.78 is 6.24. The van der Waals surface area contributed by atoms with Crippen LogP contribution in [0, 0.1) is 5.92 Å². The van der Waals surface area contributed by atoms with Crippen LogP contribution in [-0.4, -0.2) is 16.6 Å².